The van der Waals surface area contributed by atoms with Crippen molar-refractivity contribution in [3.05, 3.63) is 17.2 Å². The number of benzene rings is 1. The van der Waals surface area contributed by atoms with Gasteiger partial charge in [0.05, 0.1) is 26.9 Å². The smallest absolute Gasteiger partial charge is 0.242 e. The van der Waals surface area contributed by atoms with Crippen LogP contribution in [0.25, 0.3) is 0 Å². The summed E-state index contributed by atoms with van der Waals surface area (Å²) in [5, 5.41) is 10.4. The summed E-state index contributed by atoms with van der Waals surface area (Å²) in [6, 6.07) is 0.526. The van der Waals surface area contributed by atoms with Gasteiger partial charge in [-0.2, -0.15) is 0 Å². The molecule has 0 aromatic heterocycles. The average Bonchev–Trinajstić information content (AvgIpc) is 2.59. The summed E-state index contributed by atoms with van der Waals surface area (Å²) in [6.45, 7) is 13.6. The zero-order valence-electron chi connectivity index (χ0n) is 18.3. The van der Waals surface area contributed by atoms with E-state index in [1.165, 1.54) is 7.11 Å². The molecule has 0 spiro atoms. The maximum atomic E-state index is 12.4. The third-order valence-corrected chi connectivity index (χ3v) is 10.6. The van der Waals surface area contributed by atoms with E-state index in [1.54, 1.807) is 25.0 Å². The molecule has 1 heterocycles. The van der Waals surface area contributed by atoms with Gasteiger partial charge in [-0.1, -0.05) is 20.8 Å². The quantitative estimate of drug-likeness (QED) is 0.530. The monoisotopic (exact) mass is 410 g/mol. The highest BCUT2D eigenvalue weighted by Gasteiger charge is 2.47. The standard InChI is InChI=1S/C20H34N2O5Si/c1-12-17(25-5)13(11-14(23)18(12)26-6)16-15(21)19(24)22(16)9-10-27-28(7,8)20(2,3)4/h11,15-16,23H,9-10,21H2,1-8H3/t15-,16+/m0/s1. The van der Waals surface area contributed by atoms with Crippen molar-refractivity contribution in [2.24, 2.45) is 5.73 Å². The second-order valence-electron chi connectivity index (χ2n) is 8.79. The molecule has 1 aliphatic rings. The number of carbonyl (C=O) groups excluding carboxylic acids is 1. The van der Waals surface area contributed by atoms with Gasteiger partial charge in [-0.3, -0.25) is 4.79 Å². The first kappa shape index (κ1) is 22.5. The highest BCUT2D eigenvalue weighted by atomic mass is 28.4. The number of rotatable bonds is 7. The Morgan fingerprint density at radius 3 is 2.29 bits per heavy atom. The molecule has 28 heavy (non-hydrogen) atoms. The molecule has 2 rings (SSSR count). The highest BCUT2D eigenvalue weighted by Crippen LogP contribution is 2.46. The molecule has 1 aromatic rings. The van der Waals surface area contributed by atoms with E-state index < -0.39 is 14.4 Å². The Labute approximate surface area is 168 Å². The third kappa shape index (κ3) is 3.86. The van der Waals surface area contributed by atoms with E-state index in [2.05, 4.69) is 33.9 Å². The number of aromatic hydroxyl groups is 1. The largest absolute Gasteiger partial charge is 0.504 e. The lowest BCUT2D eigenvalue weighted by Crippen LogP contribution is -2.63. The molecule has 0 aliphatic carbocycles. The van der Waals surface area contributed by atoms with Crippen LogP contribution in [0.1, 0.15) is 37.9 Å². The third-order valence-electron chi connectivity index (χ3n) is 6.04. The van der Waals surface area contributed by atoms with Crippen LogP contribution in [0, 0.1) is 6.92 Å². The van der Waals surface area contributed by atoms with E-state index in [-0.39, 0.29) is 22.7 Å². The van der Waals surface area contributed by atoms with Crippen molar-refractivity contribution in [3.63, 3.8) is 0 Å². The number of β-lactam (4-membered cyclic amide) rings is 1. The number of nitrogens with two attached hydrogens (primary N) is 1. The first-order valence-electron chi connectivity index (χ1n) is 9.51. The fraction of sp³-hybridized carbons (Fsp3) is 0.650. The molecular weight excluding hydrogens is 376 g/mol. The molecule has 1 amide bonds. The molecule has 0 saturated carbocycles. The number of ether oxygens (including phenoxy) is 2. The predicted octanol–water partition coefficient (Wildman–Crippen LogP) is 2.95. The molecule has 0 bridgehead atoms. The van der Waals surface area contributed by atoms with Crippen LogP contribution >= 0.6 is 0 Å². The lowest BCUT2D eigenvalue weighted by Gasteiger charge is -2.47. The Kier molecular flexibility index (Phi) is 6.37. The Balaban J connectivity index is 2.25. The number of phenols is 1. The summed E-state index contributed by atoms with van der Waals surface area (Å²) >= 11 is 0. The van der Waals surface area contributed by atoms with E-state index in [9.17, 15) is 9.90 Å². The van der Waals surface area contributed by atoms with Crippen LogP contribution in [0.5, 0.6) is 17.2 Å². The normalized spacial score (nSPS) is 20.2. The van der Waals surface area contributed by atoms with Gasteiger partial charge in [0.15, 0.2) is 19.8 Å². The Morgan fingerprint density at radius 1 is 1.21 bits per heavy atom. The van der Waals surface area contributed by atoms with Crippen molar-refractivity contribution < 1.29 is 23.8 Å². The molecule has 0 radical (unpaired) electrons. The minimum atomic E-state index is -1.90. The molecule has 1 aromatic carbocycles. The number of hydrogen-bond donors (Lipinski definition) is 2. The van der Waals surface area contributed by atoms with Gasteiger partial charge in [0.2, 0.25) is 5.91 Å². The van der Waals surface area contributed by atoms with Crippen molar-refractivity contribution in [2.45, 2.75) is 57.9 Å². The van der Waals surface area contributed by atoms with E-state index in [4.69, 9.17) is 19.6 Å². The topological polar surface area (TPSA) is 94.3 Å². The summed E-state index contributed by atoms with van der Waals surface area (Å²) in [4.78, 5) is 14.1. The van der Waals surface area contributed by atoms with Crippen LogP contribution < -0.4 is 15.2 Å². The molecule has 3 N–H and O–H groups in total. The fourth-order valence-electron chi connectivity index (χ4n) is 3.34. The molecule has 158 valence electrons. The van der Waals surface area contributed by atoms with Crippen molar-refractivity contribution in [2.75, 3.05) is 27.4 Å². The number of amides is 1. The lowest BCUT2D eigenvalue weighted by atomic mass is 9.87. The van der Waals surface area contributed by atoms with Crippen molar-refractivity contribution in [1.82, 2.24) is 4.90 Å². The van der Waals surface area contributed by atoms with Crippen LogP contribution in [-0.2, 0) is 9.22 Å². The average molecular weight is 411 g/mol. The van der Waals surface area contributed by atoms with Gasteiger partial charge in [-0.25, -0.2) is 0 Å². The molecule has 0 unspecified atom stereocenters. The first-order chi connectivity index (χ1) is 12.9. The number of phenolic OH excluding ortho intramolecular Hbond substituents is 1. The van der Waals surface area contributed by atoms with Crippen molar-refractivity contribution in [1.29, 1.82) is 0 Å². The van der Waals surface area contributed by atoms with Crippen LogP contribution in [0.4, 0.5) is 0 Å². The number of carbonyl (C=O) groups is 1. The number of likely N-dealkylation sites (tertiary alicyclic amines) is 1. The summed E-state index contributed by atoms with van der Waals surface area (Å²) in [5.41, 5.74) is 7.47. The van der Waals surface area contributed by atoms with Crippen LogP contribution in [0.3, 0.4) is 0 Å². The summed E-state index contributed by atoms with van der Waals surface area (Å²) in [5.74, 6) is 0.796. The zero-order chi connectivity index (χ0) is 21.4. The van der Waals surface area contributed by atoms with Gasteiger partial charge in [0.25, 0.3) is 0 Å². The van der Waals surface area contributed by atoms with Crippen LogP contribution in [0.15, 0.2) is 6.07 Å². The summed E-state index contributed by atoms with van der Waals surface area (Å²) in [7, 11) is 1.15. The highest BCUT2D eigenvalue weighted by molar-refractivity contribution is 6.74. The molecular formula is C20H34N2O5Si. The second kappa shape index (κ2) is 7.92. The van der Waals surface area contributed by atoms with Crippen molar-refractivity contribution in [3.8, 4) is 17.2 Å². The number of hydrogen-bond acceptors (Lipinski definition) is 6. The first-order valence-corrected chi connectivity index (χ1v) is 12.4. The minimum absolute atomic E-state index is 0.000165. The van der Waals surface area contributed by atoms with Gasteiger partial charge >= 0.3 is 0 Å². The van der Waals surface area contributed by atoms with Gasteiger partial charge < -0.3 is 29.6 Å². The van der Waals surface area contributed by atoms with E-state index in [1.807, 2.05) is 0 Å². The summed E-state index contributed by atoms with van der Waals surface area (Å²) < 4.78 is 17.0. The maximum absolute atomic E-state index is 12.4. The van der Waals surface area contributed by atoms with E-state index in [0.29, 0.717) is 35.8 Å². The minimum Gasteiger partial charge on any atom is -0.504 e. The van der Waals surface area contributed by atoms with Gasteiger partial charge in [0, 0.05) is 17.7 Å². The number of methoxy groups -OCH3 is 2. The molecule has 8 heteroatoms. The number of nitrogens with zero attached hydrogens (tertiary/aromatic N) is 1. The van der Waals surface area contributed by atoms with Crippen LogP contribution in [0.2, 0.25) is 18.1 Å². The Morgan fingerprint density at radius 2 is 1.79 bits per heavy atom. The molecule has 1 saturated heterocycles. The van der Waals surface area contributed by atoms with Gasteiger partial charge in [-0.15, -0.1) is 0 Å². The fourth-order valence-corrected chi connectivity index (χ4v) is 4.37. The predicted molar refractivity (Wildman–Crippen MR) is 112 cm³/mol. The van der Waals surface area contributed by atoms with E-state index >= 15 is 0 Å². The molecule has 7 nitrogen and oxygen atoms in total. The summed E-state index contributed by atoms with van der Waals surface area (Å²) in [6.07, 6.45) is 0. The van der Waals surface area contributed by atoms with Crippen molar-refractivity contribution >= 4 is 14.2 Å². The Bertz CT molecular complexity index is 745. The van der Waals surface area contributed by atoms with E-state index in [0.717, 1.165) is 0 Å². The molecule has 2 atom stereocenters. The van der Waals surface area contributed by atoms with Gasteiger partial charge in [-0.05, 0) is 31.1 Å². The zero-order valence-corrected chi connectivity index (χ0v) is 19.3. The van der Waals surface area contributed by atoms with Gasteiger partial charge in [0.1, 0.15) is 11.8 Å². The lowest BCUT2D eigenvalue weighted by molar-refractivity contribution is -0.150. The Hall–Kier alpha value is -1.77. The second-order valence-corrected chi connectivity index (χ2v) is 13.6. The molecule has 1 aliphatic heterocycles. The SMILES string of the molecule is COc1c(O)cc([C@@H]2[C@H](N)C(=O)N2CCO[Si](C)(C)C(C)(C)C)c(OC)c1C. The maximum Gasteiger partial charge on any atom is 0.242 e. The van der Waals surface area contributed by atoms with Crippen LogP contribution in [-0.4, -0.2) is 57.6 Å². The molecule has 1 fully saturated rings.